The van der Waals surface area contributed by atoms with E-state index in [9.17, 15) is 0 Å². The van der Waals surface area contributed by atoms with Crippen LogP contribution in [0.1, 0.15) is 51.5 Å². The molecule has 1 aromatic heterocycles. The van der Waals surface area contributed by atoms with Crippen molar-refractivity contribution < 1.29 is 4.74 Å². The van der Waals surface area contributed by atoms with Gasteiger partial charge in [0.15, 0.2) is 0 Å². The number of nitrogens with one attached hydrogen (secondary N) is 1. The molecule has 0 bridgehead atoms. The van der Waals surface area contributed by atoms with Crippen LogP contribution in [-0.4, -0.2) is 51.3 Å². The van der Waals surface area contributed by atoms with Crippen LogP contribution < -0.4 is 5.32 Å². The molecule has 2 fully saturated rings. The van der Waals surface area contributed by atoms with Gasteiger partial charge in [-0.05, 0) is 43.0 Å². The van der Waals surface area contributed by atoms with Gasteiger partial charge in [0.05, 0.1) is 12.1 Å². The van der Waals surface area contributed by atoms with E-state index in [0.717, 1.165) is 24.1 Å². The first-order valence-electron chi connectivity index (χ1n) is 8.10. The maximum Gasteiger partial charge on any atom is 0.209 e. The summed E-state index contributed by atoms with van der Waals surface area (Å²) < 4.78 is 7.73. The average Bonchev–Trinajstić information content (AvgIpc) is 3.25. The number of aromatic nitrogens is 4. The summed E-state index contributed by atoms with van der Waals surface area (Å²) in [6.45, 7) is 4.09. The SMILES string of the molecule is CC(NCCSc1nnnn1C1CCCC1)C1CCCO1. The van der Waals surface area contributed by atoms with Crippen molar-refractivity contribution in [2.24, 2.45) is 0 Å². The highest BCUT2D eigenvalue weighted by Gasteiger charge is 2.23. The van der Waals surface area contributed by atoms with Gasteiger partial charge in [-0.3, -0.25) is 0 Å². The Kier molecular flexibility index (Phi) is 5.49. The van der Waals surface area contributed by atoms with Crippen LogP contribution in [0.5, 0.6) is 0 Å². The molecule has 1 saturated heterocycles. The Hall–Kier alpha value is -0.660. The fraction of sp³-hybridized carbons (Fsp3) is 0.929. The van der Waals surface area contributed by atoms with Gasteiger partial charge in [-0.15, -0.1) is 5.10 Å². The summed E-state index contributed by atoms with van der Waals surface area (Å²) >= 11 is 1.75. The standard InChI is InChI=1S/C14H25N5OS/c1-11(13-7-4-9-20-13)15-8-10-21-14-16-17-18-19(14)12-5-2-3-6-12/h11-13,15H,2-10H2,1H3. The lowest BCUT2D eigenvalue weighted by atomic mass is 10.1. The lowest BCUT2D eigenvalue weighted by molar-refractivity contribution is 0.0844. The quantitative estimate of drug-likeness (QED) is 0.614. The minimum Gasteiger partial charge on any atom is -0.377 e. The lowest BCUT2D eigenvalue weighted by Gasteiger charge is -2.19. The second-order valence-corrected chi connectivity index (χ2v) is 7.05. The zero-order chi connectivity index (χ0) is 14.5. The van der Waals surface area contributed by atoms with Gasteiger partial charge in [-0.2, -0.15) is 0 Å². The molecule has 2 aliphatic rings. The third-order valence-corrected chi connectivity index (χ3v) is 5.39. The molecule has 1 saturated carbocycles. The van der Waals surface area contributed by atoms with Crippen LogP contribution in [0.25, 0.3) is 0 Å². The maximum absolute atomic E-state index is 5.70. The van der Waals surface area contributed by atoms with Crippen LogP contribution in [0.4, 0.5) is 0 Å². The fourth-order valence-electron chi connectivity index (χ4n) is 3.22. The smallest absolute Gasteiger partial charge is 0.209 e. The first kappa shape index (κ1) is 15.2. The molecule has 1 aliphatic carbocycles. The van der Waals surface area contributed by atoms with E-state index in [-0.39, 0.29) is 0 Å². The molecule has 2 unspecified atom stereocenters. The number of ether oxygens (including phenoxy) is 1. The molecular weight excluding hydrogens is 286 g/mol. The number of thioether (sulfide) groups is 1. The number of nitrogens with zero attached hydrogens (tertiary/aromatic N) is 4. The van der Waals surface area contributed by atoms with Crippen LogP contribution in [0.15, 0.2) is 5.16 Å². The van der Waals surface area contributed by atoms with Crippen molar-refractivity contribution in [1.29, 1.82) is 0 Å². The van der Waals surface area contributed by atoms with Crippen molar-refractivity contribution in [3.05, 3.63) is 0 Å². The Morgan fingerprint density at radius 1 is 1.33 bits per heavy atom. The van der Waals surface area contributed by atoms with E-state index in [1.165, 1.54) is 38.5 Å². The van der Waals surface area contributed by atoms with Crippen molar-refractivity contribution in [1.82, 2.24) is 25.5 Å². The van der Waals surface area contributed by atoms with E-state index < -0.39 is 0 Å². The Morgan fingerprint density at radius 2 is 2.19 bits per heavy atom. The molecule has 118 valence electrons. The molecular formula is C14H25N5OS. The van der Waals surface area contributed by atoms with E-state index >= 15 is 0 Å². The minimum atomic E-state index is 0.388. The second-order valence-electron chi connectivity index (χ2n) is 5.99. The van der Waals surface area contributed by atoms with Gasteiger partial charge in [0.1, 0.15) is 0 Å². The molecule has 0 spiro atoms. The first-order chi connectivity index (χ1) is 10.3. The van der Waals surface area contributed by atoms with Gasteiger partial charge in [0.25, 0.3) is 0 Å². The van der Waals surface area contributed by atoms with Crippen LogP contribution in [0.2, 0.25) is 0 Å². The molecule has 6 nitrogen and oxygen atoms in total. The molecule has 0 radical (unpaired) electrons. The third-order valence-electron chi connectivity index (χ3n) is 4.46. The van der Waals surface area contributed by atoms with E-state index in [0.29, 0.717) is 18.2 Å². The van der Waals surface area contributed by atoms with E-state index in [4.69, 9.17) is 4.74 Å². The summed E-state index contributed by atoms with van der Waals surface area (Å²) in [5, 5.41) is 16.7. The molecule has 21 heavy (non-hydrogen) atoms. The molecule has 1 aromatic rings. The predicted molar refractivity (Wildman–Crippen MR) is 82.5 cm³/mol. The van der Waals surface area contributed by atoms with Gasteiger partial charge in [-0.1, -0.05) is 24.6 Å². The largest absolute Gasteiger partial charge is 0.377 e. The van der Waals surface area contributed by atoms with Crippen LogP contribution in [0.3, 0.4) is 0 Å². The number of rotatable bonds is 7. The highest BCUT2D eigenvalue weighted by molar-refractivity contribution is 7.99. The highest BCUT2D eigenvalue weighted by atomic mass is 32.2. The Balaban J connectivity index is 1.40. The molecule has 1 aliphatic heterocycles. The van der Waals surface area contributed by atoms with Crippen molar-refractivity contribution in [3.63, 3.8) is 0 Å². The lowest BCUT2D eigenvalue weighted by Crippen LogP contribution is -2.38. The number of hydrogen-bond acceptors (Lipinski definition) is 6. The van der Waals surface area contributed by atoms with Crippen molar-refractivity contribution in [2.75, 3.05) is 18.9 Å². The number of hydrogen-bond donors (Lipinski definition) is 1. The van der Waals surface area contributed by atoms with E-state index in [1.807, 2.05) is 4.68 Å². The molecule has 0 amide bonds. The third kappa shape index (κ3) is 3.96. The van der Waals surface area contributed by atoms with Gasteiger partial charge in [-0.25, -0.2) is 4.68 Å². The average molecular weight is 311 g/mol. The second kappa shape index (κ2) is 7.56. The van der Waals surface area contributed by atoms with E-state index in [2.05, 4.69) is 27.8 Å². The van der Waals surface area contributed by atoms with Crippen LogP contribution >= 0.6 is 11.8 Å². The summed E-state index contributed by atoms with van der Waals surface area (Å²) in [5.41, 5.74) is 0. The van der Waals surface area contributed by atoms with Gasteiger partial charge >= 0.3 is 0 Å². The zero-order valence-electron chi connectivity index (χ0n) is 12.7. The topological polar surface area (TPSA) is 64.9 Å². The van der Waals surface area contributed by atoms with Crippen LogP contribution in [0, 0.1) is 0 Å². The molecule has 2 atom stereocenters. The van der Waals surface area contributed by atoms with Crippen molar-refractivity contribution in [3.8, 4) is 0 Å². The Morgan fingerprint density at radius 3 is 2.95 bits per heavy atom. The first-order valence-corrected chi connectivity index (χ1v) is 9.09. The van der Waals surface area contributed by atoms with Gasteiger partial charge < -0.3 is 10.1 Å². The minimum absolute atomic E-state index is 0.388. The van der Waals surface area contributed by atoms with Crippen molar-refractivity contribution >= 4 is 11.8 Å². The zero-order valence-corrected chi connectivity index (χ0v) is 13.5. The van der Waals surface area contributed by atoms with Gasteiger partial charge in [0.2, 0.25) is 5.16 Å². The Labute approximate surface area is 130 Å². The molecule has 7 heteroatoms. The monoisotopic (exact) mass is 311 g/mol. The maximum atomic E-state index is 5.70. The van der Waals surface area contributed by atoms with Crippen molar-refractivity contribution in [2.45, 2.75) is 68.8 Å². The summed E-state index contributed by atoms with van der Waals surface area (Å²) in [6, 6.07) is 0.945. The normalized spacial score (nSPS) is 24.7. The molecule has 1 N–H and O–H groups in total. The number of tetrazole rings is 1. The van der Waals surface area contributed by atoms with Crippen LogP contribution in [-0.2, 0) is 4.74 Å². The Bertz CT molecular complexity index is 429. The molecule has 2 heterocycles. The molecule has 0 aromatic carbocycles. The highest BCUT2D eigenvalue weighted by Crippen LogP contribution is 2.31. The van der Waals surface area contributed by atoms with Gasteiger partial charge in [0, 0.05) is 24.9 Å². The molecule has 3 rings (SSSR count). The summed E-state index contributed by atoms with van der Waals surface area (Å²) in [7, 11) is 0. The summed E-state index contributed by atoms with van der Waals surface area (Å²) in [5.74, 6) is 0.990. The van der Waals surface area contributed by atoms with E-state index in [1.54, 1.807) is 11.8 Å². The predicted octanol–water partition coefficient (Wildman–Crippen LogP) is 2.04. The summed E-state index contributed by atoms with van der Waals surface area (Å²) in [6.07, 6.45) is 7.80. The fourth-order valence-corrected chi connectivity index (χ4v) is 4.03. The summed E-state index contributed by atoms with van der Waals surface area (Å²) in [4.78, 5) is 0.